The first-order valence-electron chi connectivity index (χ1n) is 8.08. The predicted molar refractivity (Wildman–Crippen MR) is 100 cm³/mol. The van der Waals surface area contributed by atoms with Gasteiger partial charge in [-0.25, -0.2) is 13.1 Å². The van der Waals surface area contributed by atoms with Crippen molar-refractivity contribution < 1.29 is 13.5 Å². The molecule has 132 valence electrons. The molecule has 3 rings (SSSR count). The van der Waals surface area contributed by atoms with Gasteiger partial charge in [0.25, 0.3) is 0 Å². The topological polar surface area (TPSA) is 79.3 Å². The van der Waals surface area contributed by atoms with Gasteiger partial charge in [0.1, 0.15) is 4.90 Å². The highest BCUT2D eigenvalue weighted by molar-refractivity contribution is 7.89. The standard InChI is InChI=1S/C18H20N2O3S2/c21-11-7-14(16-8-12-24-13-16)6-10-20-25(22,23)17-5-1-3-15-4-2-9-19-18(15)17/h1-5,8-9,12-14,20-21H,6-7,10-11H2/t14-/m1/s1. The summed E-state index contributed by atoms with van der Waals surface area (Å²) < 4.78 is 28.0. The Labute approximate surface area is 151 Å². The molecule has 2 aromatic heterocycles. The van der Waals surface area contributed by atoms with Crippen molar-refractivity contribution in [2.75, 3.05) is 13.2 Å². The molecule has 7 heteroatoms. The quantitative estimate of drug-likeness (QED) is 0.633. The summed E-state index contributed by atoms with van der Waals surface area (Å²) in [7, 11) is -3.64. The Kier molecular flexibility index (Phi) is 5.80. The monoisotopic (exact) mass is 376 g/mol. The zero-order valence-electron chi connectivity index (χ0n) is 13.6. The average Bonchev–Trinajstić information content (AvgIpc) is 3.15. The Morgan fingerprint density at radius 1 is 1.16 bits per heavy atom. The van der Waals surface area contributed by atoms with E-state index in [0.29, 0.717) is 24.9 Å². The van der Waals surface area contributed by atoms with Crippen LogP contribution in [0.4, 0.5) is 0 Å². The molecule has 0 fully saturated rings. The van der Waals surface area contributed by atoms with Gasteiger partial charge in [0.05, 0.1) is 5.52 Å². The molecule has 0 saturated carbocycles. The molecule has 0 unspecified atom stereocenters. The number of nitrogens with zero attached hydrogens (tertiary/aromatic N) is 1. The molecule has 0 aliphatic carbocycles. The number of rotatable bonds is 8. The van der Waals surface area contributed by atoms with Gasteiger partial charge in [0.15, 0.2) is 0 Å². The van der Waals surface area contributed by atoms with E-state index in [9.17, 15) is 13.5 Å². The van der Waals surface area contributed by atoms with Gasteiger partial charge < -0.3 is 5.11 Å². The van der Waals surface area contributed by atoms with Crippen LogP contribution in [0.5, 0.6) is 0 Å². The SMILES string of the molecule is O=S(=O)(NCC[C@H](CCO)c1ccsc1)c1cccc2cccnc12. The van der Waals surface area contributed by atoms with Crippen molar-refractivity contribution in [3.05, 3.63) is 58.9 Å². The highest BCUT2D eigenvalue weighted by atomic mass is 32.2. The molecule has 3 aromatic rings. The second kappa shape index (κ2) is 8.05. The maximum Gasteiger partial charge on any atom is 0.242 e. The van der Waals surface area contributed by atoms with E-state index >= 15 is 0 Å². The van der Waals surface area contributed by atoms with Crippen molar-refractivity contribution in [2.24, 2.45) is 0 Å². The van der Waals surface area contributed by atoms with Crippen LogP contribution in [-0.4, -0.2) is 31.7 Å². The van der Waals surface area contributed by atoms with E-state index in [1.807, 2.05) is 29.0 Å². The van der Waals surface area contributed by atoms with E-state index in [0.717, 1.165) is 10.9 Å². The largest absolute Gasteiger partial charge is 0.396 e. The molecule has 2 heterocycles. The molecule has 0 amide bonds. The number of aliphatic hydroxyl groups excluding tert-OH is 1. The fourth-order valence-corrected chi connectivity index (χ4v) is 4.85. The van der Waals surface area contributed by atoms with Gasteiger partial charge in [-0.15, -0.1) is 0 Å². The summed E-state index contributed by atoms with van der Waals surface area (Å²) in [5.41, 5.74) is 1.62. The number of sulfonamides is 1. The number of fused-ring (bicyclic) bond motifs is 1. The van der Waals surface area contributed by atoms with Gasteiger partial charge in [-0.05, 0) is 53.3 Å². The van der Waals surface area contributed by atoms with Gasteiger partial charge >= 0.3 is 0 Å². The lowest BCUT2D eigenvalue weighted by Crippen LogP contribution is -2.26. The third-order valence-corrected chi connectivity index (χ3v) is 6.36. The van der Waals surface area contributed by atoms with Crippen molar-refractivity contribution in [1.29, 1.82) is 0 Å². The molecule has 1 aromatic carbocycles. The van der Waals surface area contributed by atoms with Crippen LogP contribution in [0.1, 0.15) is 24.3 Å². The molecule has 2 N–H and O–H groups in total. The lowest BCUT2D eigenvalue weighted by molar-refractivity contribution is 0.273. The number of nitrogens with one attached hydrogen (secondary N) is 1. The van der Waals surface area contributed by atoms with E-state index in [1.165, 1.54) is 0 Å². The Morgan fingerprint density at radius 3 is 2.76 bits per heavy atom. The summed E-state index contributed by atoms with van der Waals surface area (Å²) in [4.78, 5) is 4.40. The van der Waals surface area contributed by atoms with Crippen LogP contribution in [0.25, 0.3) is 10.9 Å². The highest BCUT2D eigenvalue weighted by Gasteiger charge is 2.19. The molecule has 0 bridgehead atoms. The van der Waals surface area contributed by atoms with Gasteiger partial charge in [-0.3, -0.25) is 4.98 Å². The number of benzene rings is 1. The van der Waals surface area contributed by atoms with E-state index < -0.39 is 10.0 Å². The third-order valence-electron chi connectivity index (χ3n) is 4.16. The molecule has 5 nitrogen and oxygen atoms in total. The second-order valence-corrected chi connectivity index (χ2v) is 8.30. The minimum absolute atomic E-state index is 0.0838. The summed E-state index contributed by atoms with van der Waals surface area (Å²) in [5.74, 6) is 0.143. The van der Waals surface area contributed by atoms with E-state index in [-0.39, 0.29) is 17.4 Å². The first-order valence-corrected chi connectivity index (χ1v) is 10.5. The third kappa shape index (κ3) is 4.24. The highest BCUT2D eigenvalue weighted by Crippen LogP contribution is 2.25. The van der Waals surface area contributed by atoms with Crippen molar-refractivity contribution in [3.63, 3.8) is 0 Å². The molecule has 0 aliphatic heterocycles. The molecular weight excluding hydrogens is 356 g/mol. The molecule has 0 aliphatic rings. The van der Waals surface area contributed by atoms with Crippen LogP contribution in [-0.2, 0) is 10.0 Å². The molecule has 0 spiro atoms. The normalized spacial score (nSPS) is 13.2. The van der Waals surface area contributed by atoms with Crippen molar-refractivity contribution in [2.45, 2.75) is 23.7 Å². The zero-order chi connectivity index (χ0) is 17.7. The molecule has 1 atom stereocenters. The molecule has 25 heavy (non-hydrogen) atoms. The van der Waals surface area contributed by atoms with Crippen molar-refractivity contribution >= 4 is 32.3 Å². The Hall–Kier alpha value is -1.80. The first-order chi connectivity index (χ1) is 12.1. The van der Waals surface area contributed by atoms with Crippen LogP contribution < -0.4 is 4.72 Å². The number of pyridine rings is 1. The maximum absolute atomic E-state index is 12.7. The van der Waals surface area contributed by atoms with Gasteiger partial charge in [0.2, 0.25) is 10.0 Å². The van der Waals surface area contributed by atoms with Crippen LogP contribution in [0.3, 0.4) is 0 Å². The van der Waals surface area contributed by atoms with Crippen LogP contribution in [0, 0.1) is 0 Å². The van der Waals surface area contributed by atoms with Crippen molar-refractivity contribution in [1.82, 2.24) is 9.71 Å². The lowest BCUT2D eigenvalue weighted by atomic mass is 9.95. The smallest absolute Gasteiger partial charge is 0.242 e. The number of thiophene rings is 1. The van der Waals surface area contributed by atoms with E-state index in [4.69, 9.17) is 0 Å². The Bertz CT molecular complexity index is 919. The predicted octanol–water partition coefficient (Wildman–Crippen LogP) is 3.13. The number of aliphatic hydroxyl groups is 1. The fraction of sp³-hybridized carbons (Fsp3) is 0.278. The van der Waals surface area contributed by atoms with Gasteiger partial charge in [-0.2, -0.15) is 11.3 Å². The summed E-state index contributed by atoms with van der Waals surface area (Å²) in [6.45, 7) is 0.395. The fourth-order valence-electron chi connectivity index (χ4n) is 2.88. The lowest BCUT2D eigenvalue weighted by Gasteiger charge is -2.15. The maximum atomic E-state index is 12.7. The van der Waals surface area contributed by atoms with Gasteiger partial charge in [0, 0.05) is 24.7 Å². The van der Waals surface area contributed by atoms with Crippen molar-refractivity contribution in [3.8, 4) is 0 Å². The van der Waals surface area contributed by atoms with E-state index in [1.54, 1.807) is 35.7 Å². The summed E-state index contributed by atoms with van der Waals surface area (Å²) in [6.07, 6.45) is 2.85. The first kappa shape index (κ1) is 18.0. The number of hydrogen-bond acceptors (Lipinski definition) is 5. The summed E-state index contributed by atoms with van der Waals surface area (Å²) in [5, 5.41) is 14.1. The van der Waals surface area contributed by atoms with Crippen LogP contribution in [0.2, 0.25) is 0 Å². The average molecular weight is 377 g/mol. The minimum atomic E-state index is -3.64. The number of aromatic nitrogens is 1. The van der Waals surface area contributed by atoms with Crippen LogP contribution >= 0.6 is 11.3 Å². The number of hydrogen-bond donors (Lipinski definition) is 2. The zero-order valence-corrected chi connectivity index (χ0v) is 15.3. The van der Waals surface area contributed by atoms with Crippen LogP contribution in [0.15, 0.2) is 58.3 Å². The van der Waals surface area contributed by atoms with E-state index in [2.05, 4.69) is 9.71 Å². The molecular formula is C18H20N2O3S2. The Morgan fingerprint density at radius 2 is 2.00 bits per heavy atom. The van der Waals surface area contributed by atoms with Gasteiger partial charge in [-0.1, -0.05) is 18.2 Å². The Balaban J connectivity index is 1.73. The summed E-state index contributed by atoms with van der Waals surface area (Å²) in [6, 6.07) is 10.8. The number of para-hydroxylation sites is 1. The molecule has 0 radical (unpaired) electrons. The molecule has 0 saturated heterocycles. The second-order valence-electron chi connectivity index (χ2n) is 5.78. The minimum Gasteiger partial charge on any atom is -0.396 e. The summed E-state index contributed by atoms with van der Waals surface area (Å²) >= 11 is 1.60.